The van der Waals surface area contributed by atoms with E-state index in [0.717, 1.165) is 26.2 Å². The molecule has 0 spiro atoms. The molecule has 1 aromatic rings. The predicted octanol–water partition coefficient (Wildman–Crippen LogP) is 0.418. The zero-order chi connectivity index (χ0) is 13.7. The number of rotatable bonds is 5. The Morgan fingerprint density at radius 1 is 1.16 bits per heavy atom. The van der Waals surface area contributed by atoms with E-state index in [0.29, 0.717) is 11.9 Å². The predicted molar refractivity (Wildman–Crippen MR) is 77.3 cm³/mol. The van der Waals surface area contributed by atoms with Crippen molar-refractivity contribution in [3.8, 4) is 0 Å². The van der Waals surface area contributed by atoms with Crippen molar-refractivity contribution in [2.45, 2.75) is 19.3 Å². The van der Waals surface area contributed by atoms with Crippen LogP contribution in [0.25, 0.3) is 0 Å². The molecule has 1 aliphatic heterocycles. The molecule has 0 bridgehead atoms. The molecule has 0 aromatic carbocycles. The summed E-state index contributed by atoms with van der Waals surface area (Å²) in [5.41, 5.74) is 5.76. The van der Waals surface area contributed by atoms with Crippen molar-refractivity contribution in [1.29, 1.82) is 0 Å². The first-order chi connectivity index (χ1) is 9.15. The summed E-state index contributed by atoms with van der Waals surface area (Å²) in [5, 5.41) is 3.19. The molecule has 0 saturated carbocycles. The molecule has 0 aliphatic carbocycles. The van der Waals surface area contributed by atoms with Gasteiger partial charge in [-0.05, 0) is 33.4 Å². The number of aromatic nitrogens is 3. The normalized spacial score (nSPS) is 15.8. The van der Waals surface area contributed by atoms with Crippen molar-refractivity contribution in [1.82, 2.24) is 19.9 Å². The number of nitrogens with one attached hydrogen (secondary N) is 1. The summed E-state index contributed by atoms with van der Waals surface area (Å²) in [6, 6.07) is 0. The van der Waals surface area contributed by atoms with Gasteiger partial charge in [0.15, 0.2) is 0 Å². The highest BCUT2D eigenvalue weighted by Crippen LogP contribution is 2.17. The first-order valence-corrected chi connectivity index (χ1v) is 6.80. The molecule has 2 rings (SSSR count). The van der Waals surface area contributed by atoms with E-state index in [-0.39, 0.29) is 5.95 Å². The smallest absolute Gasteiger partial charge is 0.231 e. The Hall–Kier alpha value is -1.63. The van der Waals surface area contributed by atoms with Crippen LogP contribution in [-0.2, 0) is 0 Å². The van der Waals surface area contributed by atoms with Gasteiger partial charge in [0.25, 0.3) is 0 Å². The van der Waals surface area contributed by atoms with Crippen LogP contribution in [0.5, 0.6) is 0 Å². The van der Waals surface area contributed by atoms with Gasteiger partial charge in [0, 0.05) is 26.2 Å². The molecule has 0 amide bonds. The molecule has 2 heterocycles. The van der Waals surface area contributed by atoms with Gasteiger partial charge in [-0.25, -0.2) is 0 Å². The lowest BCUT2D eigenvalue weighted by molar-refractivity contribution is 0.425. The monoisotopic (exact) mass is 265 g/mol. The molecular weight excluding hydrogens is 242 g/mol. The van der Waals surface area contributed by atoms with E-state index < -0.39 is 0 Å². The maximum atomic E-state index is 5.76. The molecule has 0 radical (unpaired) electrons. The second kappa shape index (κ2) is 6.51. The first kappa shape index (κ1) is 13.8. The van der Waals surface area contributed by atoms with Crippen LogP contribution in [0.15, 0.2) is 0 Å². The van der Waals surface area contributed by atoms with Crippen LogP contribution in [0.2, 0.25) is 0 Å². The van der Waals surface area contributed by atoms with Gasteiger partial charge in [-0.1, -0.05) is 0 Å². The average Bonchev–Trinajstić information content (AvgIpc) is 2.39. The number of anilines is 3. The maximum absolute atomic E-state index is 5.76. The van der Waals surface area contributed by atoms with E-state index in [4.69, 9.17) is 5.73 Å². The molecular formula is C12H23N7. The van der Waals surface area contributed by atoms with Crippen molar-refractivity contribution < 1.29 is 0 Å². The highest BCUT2D eigenvalue weighted by Gasteiger charge is 2.15. The van der Waals surface area contributed by atoms with Gasteiger partial charge >= 0.3 is 0 Å². The third kappa shape index (κ3) is 4.20. The average molecular weight is 265 g/mol. The van der Waals surface area contributed by atoms with Crippen LogP contribution in [0.4, 0.5) is 17.8 Å². The molecule has 0 unspecified atom stereocenters. The zero-order valence-corrected chi connectivity index (χ0v) is 11.8. The summed E-state index contributed by atoms with van der Waals surface area (Å²) >= 11 is 0. The lowest BCUT2D eigenvalue weighted by Gasteiger charge is -2.26. The second-order valence-corrected chi connectivity index (χ2v) is 5.09. The summed E-state index contributed by atoms with van der Waals surface area (Å²) < 4.78 is 0. The van der Waals surface area contributed by atoms with E-state index in [9.17, 15) is 0 Å². The van der Waals surface area contributed by atoms with Crippen molar-refractivity contribution in [2.75, 3.05) is 56.2 Å². The molecule has 19 heavy (non-hydrogen) atoms. The van der Waals surface area contributed by atoms with Crippen LogP contribution >= 0.6 is 0 Å². The van der Waals surface area contributed by atoms with Gasteiger partial charge in [-0.3, -0.25) is 0 Å². The molecule has 7 heteroatoms. The largest absolute Gasteiger partial charge is 0.368 e. The third-order valence-electron chi connectivity index (χ3n) is 3.12. The minimum Gasteiger partial charge on any atom is -0.368 e. The Balaban J connectivity index is 2.01. The van der Waals surface area contributed by atoms with Crippen LogP contribution in [0.1, 0.15) is 19.3 Å². The van der Waals surface area contributed by atoms with Gasteiger partial charge in [0.1, 0.15) is 0 Å². The van der Waals surface area contributed by atoms with E-state index in [1.54, 1.807) is 0 Å². The number of piperidine rings is 1. The zero-order valence-electron chi connectivity index (χ0n) is 11.8. The van der Waals surface area contributed by atoms with E-state index >= 15 is 0 Å². The fraction of sp³-hybridized carbons (Fsp3) is 0.750. The Morgan fingerprint density at radius 2 is 1.89 bits per heavy atom. The molecule has 1 fully saturated rings. The Kier molecular flexibility index (Phi) is 4.73. The van der Waals surface area contributed by atoms with Crippen molar-refractivity contribution in [2.24, 2.45) is 0 Å². The van der Waals surface area contributed by atoms with Crippen LogP contribution in [0.3, 0.4) is 0 Å². The molecule has 1 aromatic heterocycles. The van der Waals surface area contributed by atoms with Gasteiger partial charge in [-0.2, -0.15) is 15.0 Å². The van der Waals surface area contributed by atoms with Gasteiger partial charge in [0.2, 0.25) is 17.8 Å². The summed E-state index contributed by atoms with van der Waals surface area (Å²) in [6.07, 6.45) is 3.66. The molecule has 0 atom stereocenters. The number of nitrogen functional groups attached to an aromatic ring is 1. The van der Waals surface area contributed by atoms with Crippen molar-refractivity contribution in [3.63, 3.8) is 0 Å². The van der Waals surface area contributed by atoms with E-state index in [1.165, 1.54) is 19.3 Å². The number of nitrogens with two attached hydrogens (primary N) is 1. The van der Waals surface area contributed by atoms with Crippen molar-refractivity contribution in [3.05, 3.63) is 0 Å². The summed E-state index contributed by atoms with van der Waals surface area (Å²) in [4.78, 5) is 17.1. The van der Waals surface area contributed by atoms with Gasteiger partial charge < -0.3 is 20.9 Å². The lowest BCUT2D eigenvalue weighted by atomic mass is 10.1. The van der Waals surface area contributed by atoms with E-state index in [2.05, 4.69) is 30.1 Å². The molecule has 3 N–H and O–H groups in total. The van der Waals surface area contributed by atoms with Crippen LogP contribution < -0.4 is 16.0 Å². The maximum Gasteiger partial charge on any atom is 0.231 e. The quantitative estimate of drug-likeness (QED) is 0.798. The Morgan fingerprint density at radius 3 is 2.58 bits per heavy atom. The van der Waals surface area contributed by atoms with Crippen LogP contribution in [-0.4, -0.2) is 60.1 Å². The van der Waals surface area contributed by atoms with Crippen molar-refractivity contribution >= 4 is 17.8 Å². The number of hydrogen-bond acceptors (Lipinski definition) is 7. The number of hydrogen-bond donors (Lipinski definition) is 2. The summed E-state index contributed by atoms with van der Waals surface area (Å²) in [6.45, 7) is 3.71. The molecule has 7 nitrogen and oxygen atoms in total. The second-order valence-electron chi connectivity index (χ2n) is 5.09. The Labute approximate surface area is 114 Å². The summed E-state index contributed by atoms with van der Waals surface area (Å²) in [7, 11) is 4.06. The minimum absolute atomic E-state index is 0.280. The minimum atomic E-state index is 0.280. The highest BCUT2D eigenvalue weighted by molar-refractivity contribution is 5.42. The molecule has 1 aliphatic rings. The third-order valence-corrected chi connectivity index (χ3v) is 3.12. The fourth-order valence-electron chi connectivity index (χ4n) is 2.09. The first-order valence-electron chi connectivity index (χ1n) is 6.80. The lowest BCUT2D eigenvalue weighted by Crippen LogP contribution is -2.31. The Bertz CT molecular complexity index is 401. The summed E-state index contributed by atoms with van der Waals surface area (Å²) in [5.74, 6) is 1.54. The SMILES string of the molecule is CN(C)CCNc1nc(N)nc(N2CCCCC2)n1. The highest BCUT2D eigenvalue weighted by atomic mass is 15.3. The van der Waals surface area contributed by atoms with Crippen LogP contribution in [0, 0.1) is 0 Å². The van der Waals surface area contributed by atoms with Gasteiger partial charge in [0.05, 0.1) is 0 Å². The standard InChI is InChI=1S/C12H23N7/c1-18(2)9-6-14-11-15-10(13)16-12(17-11)19-7-4-3-5-8-19/h3-9H2,1-2H3,(H3,13,14,15,16,17). The number of nitrogens with zero attached hydrogens (tertiary/aromatic N) is 5. The van der Waals surface area contributed by atoms with Gasteiger partial charge in [-0.15, -0.1) is 0 Å². The topological polar surface area (TPSA) is 83.2 Å². The molecule has 106 valence electrons. The number of likely N-dealkylation sites (N-methyl/N-ethyl adjacent to an activating group) is 1. The fourth-order valence-corrected chi connectivity index (χ4v) is 2.09. The molecule has 1 saturated heterocycles. The van der Waals surface area contributed by atoms with E-state index in [1.807, 2.05) is 14.1 Å².